The summed E-state index contributed by atoms with van der Waals surface area (Å²) >= 11 is 0. The summed E-state index contributed by atoms with van der Waals surface area (Å²) in [4.78, 5) is 0. The highest BCUT2D eigenvalue weighted by molar-refractivity contribution is 5.08. The first-order valence-corrected chi connectivity index (χ1v) is 4.15. The van der Waals surface area contributed by atoms with E-state index >= 15 is 0 Å². The Morgan fingerprint density at radius 3 is 1.90 bits per heavy atom. The zero-order valence-corrected chi connectivity index (χ0v) is 6.42. The molecule has 0 saturated heterocycles. The van der Waals surface area contributed by atoms with E-state index < -0.39 is 0 Å². The summed E-state index contributed by atoms with van der Waals surface area (Å²) in [6.07, 6.45) is 17.5. The quantitative estimate of drug-likeness (QED) is 0.478. The van der Waals surface area contributed by atoms with Crippen LogP contribution in [-0.4, -0.2) is 0 Å². The predicted molar refractivity (Wildman–Crippen MR) is 45.7 cm³/mol. The van der Waals surface area contributed by atoms with Crippen LogP contribution in [0.2, 0.25) is 0 Å². The molecule has 0 aromatic heterocycles. The standard InChI is InChI=1S/C10H15/c1-2-4-6-8-10-9-7-5-3-1/h1-5H,6-10H2/b4-2-,5-3-. The van der Waals surface area contributed by atoms with E-state index in [1.54, 1.807) is 0 Å². The Kier molecular flexibility index (Phi) is 4.00. The zero-order valence-electron chi connectivity index (χ0n) is 6.42. The van der Waals surface area contributed by atoms with Gasteiger partial charge in [-0.2, -0.15) is 0 Å². The molecule has 0 aromatic carbocycles. The first-order chi connectivity index (χ1) is 5.00. The summed E-state index contributed by atoms with van der Waals surface area (Å²) < 4.78 is 0. The van der Waals surface area contributed by atoms with Gasteiger partial charge in [-0.1, -0.05) is 30.7 Å². The minimum Gasteiger partial charge on any atom is -0.0879 e. The second kappa shape index (κ2) is 5.28. The molecule has 1 rings (SSSR count). The van der Waals surface area contributed by atoms with Crippen molar-refractivity contribution in [3.8, 4) is 0 Å². The van der Waals surface area contributed by atoms with Crippen LogP contribution in [0.1, 0.15) is 32.1 Å². The summed E-state index contributed by atoms with van der Waals surface area (Å²) in [5, 5.41) is 0. The Hall–Kier alpha value is -0.520. The monoisotopic (exact) mass is 135 g/mol. The number of allylic oxidation sites excluding steroid dienone is 4. The Morgan fingerprint density at radius 2 is 1.30 bits per heavy atom. The minimum atomic E-state index is 1.25. The third kappa shape index (κ3) is 3.49. The van der Waals surface area contributed by atoms with E-state index in [0.29, 0.717) is 0 Å². The number of hydrogen-bond acceptors (Lipinski definition) is 0. The van der Waals surface area contributed by atoms with Crippen molar-refractivity contribution < 1.29 is 0 Å². The molecular weight excluding hydrogens is 120 g/mol. The highest BCUT2D eigenvalue weighted by Crippen LogP contribution is 2.06. The Balaban J connectivity index is 2.25. The van der Waals surface area contributed by atoms with Crippen LogP contribution >= 0.6 is 0 Å². The van der Waals surface area contributed by atoms with E-state index in [-0.39, 0.29) is 0 Å². The SMILES string of the molecule is [CH]1/C=C\CCCCC/C=C\1. The average molecular weight is 135 g/mol. The maximum Gasteiger partial charge on any atom is 0.00441 e. The fourth-order valence-corrected chi connectivity index (χ4v) is 1.11. The average Bonchev–Trinajstić information content (AvgIpc) is 2.01. The van der Waals surface area contributed by atoms with Crippen molar-refractivity contribution in [3.63, 3.8) is 0 Å². The molecule has 0 saturated carbocycles. The van der Waals surface area contributed by atoms with Crippen LogP contribution in [0.15, 0.2) is 24.3 Å². The van der Waals surface area contributed by atoms with E-state index in [1.165, 1.54) is 32.1 Å². The van der Waals surface area contributed by atoms with Crippen LogP contribution in [0, 0.1) is 6.42 Å². The molecule has 0 amide bonds. The Morgan fingerprint density at radius 1 is 0.700 bits per heavy atom. The van der Waals surface area contributed by atoms with Crippen molar-refractivity contribution in [3.05, 3.63) is 30.7 Å². The lowest BCUT2D eigenvalue weighted by atomic mass is 10.1. The van der Waals surface area contributed by atoms with Gasteiger partial charge in [-0.3, -0.25) is 0 Å². The molecule has 1 aliphatic rings. The van der Waals surface area contributed by atoms with Gasteiger partial charge in [-0.25, -0.2) is 0 Å². The second-order valence-corrected chi connectivity index (χ2v) is 2.69. The summed E-state index contributed by atoms with van der Waals surface area (Å²) in [5.74, 6) is 0. The molecular formula is C10H15. The lowest BCUT2D eigenvalue weighted by Crippen LogP contribution is -1.77. The fraction of sp³-hybridized carbons (Fsp3) is 0.500. The summed E-state index contributed by atoms with van der Waals surface area (Å²) in [5.41, 5.74) is 0. The molecule has 0 aromatic rings. The van der Waals surface area contributed by atoms with Crippen LogP contribution in [0.25, 0.3) is 0 Å². The van der Waals surface area contributed by atoms with Crippen molar-refractivity contribution in [1.29, 1.82) is 0 Å². The first kappa shape index (κ1) is 7.59. The Bertz CT molecular complexity index is 106. The first-order valence-electron chi connectivity index (χ1n) is 4.15. The molecule has 0 N–H and O–H groups in total. The van der Waals surface area contributed by atoms with Gasteiger partial charge in [0.05, 0.1) is 0 Å². The molecule has 0 nitrogen and oxygen atoms in total. The molecule has 0 spiro atoms. The minimum absolute atomic E-state index is 1.25. The lowest BCUT2D eigenvalue weighted by Gasteiger charge is -1.96. The van der Waals surface area contributed by atoms with Crippen LogP contribution in [0.5, 0.6) is 0 Å². The van der Waals surface area contributed by atoms with Gasteiger partial charge in [0.25, 0.3) is 0 Å². The number of hydrogen-bond donors (Lipinski definition) is 0. The van der Waals surface area contributed by atoms with Gasteiger partial charge >= 0.3 is 0 Å². The van der Waals surface area contributed by atoms with E-state index in [0.717, 1.165) is 0 Å². The Labute approximate surface area is 63.6 Å². The molecule has 0 unspecified atom stereocenters. The molecule has 0 atom stereocenters. The maximum absolute atomic E-state index is 2.25. The summed E-state index contributed by atoms with van der Waals surface area (Å²) in [6, 6.07) is 0. The molecule has 0 bridgehead atoms. The van der Waals surface area contributed by atoms with E-state index in [2.05, 4.69) is 30.7 Å². The van der Waals surface area contributed by atoms with Crippen molar-refractivity contribution in [2.45, 2.75) is 32.1 Å². The van der Waals surface area contributed by atoms with Crippen LogP contribution < -0.4 is 0 Å². The van der Waals surface area contributed by atoms with Gasteiger partial charge in [-0.05, 0) is 25.7 Å². The third-order valence-corrected chi connectivity index (χ3v) is 1.74. The van der Waals surface area contributed by atoms with Crippen molar-refractivity contribution >= 4 is 0 Å². The summed E-state index contributed by atoms with van der Waals surface area (Å²) in [6.45, 7) is 0. The fourth-order valence-electron chi connectivity index (χ4n) is 1.11. The maximum atomic E-state index is 2.25. The molecule has 0 fully saturated rings. The lowest BCUT2D eigenvalue weighted by molar-refractivity contribution is 0.695. The van der Waals surface area contributed by atoms with E-state index in [9.17, 15) is 0 Å². The molecule has 55 valence electrons. The van der Waals surface area contributed by atoms with Crippen LogP contribution in [-0.2, 0) is 0 Å². The van der Waals surface area contributed by atoms with Gasteiger partial charge in [-0.15, -0.1) is 0 Å². The molecule has 0 heteroatoms. The normalized spacial score (nSPS) is 27.2. The molecule has 1 radical (unpaired) electrons. The van der Waals surface area contributed by atoms with Gasteiger partial charge in [0.2, 0.25) is 0 Å². The van der Waals surface area contributed by atoms with Gasteiger partial charge in [0.1, 0.15) is 0 Å². The second-order valence-electron chi connectivity index (χ2n) is 2.69. The van der Waals surface area contributed by atoms with Gasteiger partial charge in [0, 0.05) is 6.42 Å². The largest absolute Gasteiger partial charge is 0.0879 e. The van der Waals surface area contributed by atoms with Gasteiger partial charge < -0.3 is 0 Å². The van der Waals surface area contributed by atoms with E-state index in [4.69, 9.17) is 0 Å². The topological polar surface area (TPSA) is 0 Å². The predicted octanol–water partition coefficient (Wildman–Crippen LogP) is 3.27. The van der Waals surface area contributed by atoms with Crippen molar-refractivity contribution in [2.75, 3.05) is 0 Å². The highest BCUT2D eigenvalue weighted by atomic mass is 13.9. The molecule has 0 heterocycles. The van der Waals surface area contributed by atoms with Gasteiger partial charge in [0.15, 0.2) is 0 Å². The van der Waals surface area contributed by atoms with Crippen LogP contribution in [0.4, 0.5) is 0 Å². The van der Waals surface area contributed by atoms with Crippen molar-refractivity contribution in [2.24, 2.45) is 0 Å². The van der Waals surface area contributed by atoms with Crippen molar-refractivity contribution in [1.82, 2.24) is 0 Å². The molecule has 10 heavy (non-hydrogen) atoms. The molecule has 0 aliphatic heterocycles. The van der Waals surface area contributed by atoms with E-state index in [1.807, 2.05) is 0 Å². The molecule has 1 aliphatic carbocycles. The van der Waals surface area contributed by atoms with Crippen LogP contribution in [0.3, 0.4) is 0 Å². The zero-order chi connectivity index (χ0) is 7.07. The third-order valence-electron chi connectivity index (χ3n) is 1.74. The smallest absolute Gasteiger partial charge is 0.00441 e. The highest BCUT2D eigenvalue weighted by Gasteiger charge is 1.86. The summed E-state index contributed by atoms with van der Waals surface area (Å²) in [7, 11) is 0. The number of rotatable bonds is 0.